The number of benzene rings is 2. The number of anilines is 1. The van der Waals surface area contributed by atoms with Gasteiger partial charge in [0, 0.05) is 25.0 Å². The van der Waals surface area contributed by atoms with E-state index in [1.165, 1.54) is 31.5 Å². The van der Waals surface area contributed by atoms with Gasteiger partial charge in [0.05, 0.1) is 22.8 Å². The lowest BCUT2D eigenvalue weighted by Crippen LogP contribution is -2.24. The number of sulfonamides is 1. The summed E-state index contributed by atoms with van der Waals surface area (Å²) in [6.07, 6.45) is 0.0251. The Morgan fingerprint density at radius 3 is 2.54 bits per heavy atom. The average Bonchev–Trinajstić information content (AvgIpc) is 3.10. The normalized spacial score (nSPS) is 11.6. The zero-order valence-corrected chi connectivity index (χ0v) is 17.6. The molecule has 6 nitrogen and oxygen atoms in total. The fraction of sp³-hybridized carbons (Fsp3) is 0.158. The predicted octanol–water partition coefficient (Wildman–Crippen LogP) is 3.90. The molecule has 0 aliphatic rings. The van der Waals surface area contributed by atoms with Crippen LogP contribution in [0.25, 0.3) is 10.6 Å². The molecule has 1 amide bonds. The van der Waals surface area contributed by atoms with E-state index in [0.717, 1.165) is 14.9 Å². The Labute approximate surface area is 172 Å². The number of para-hydroxylation sites is 1. The minimum absolute atomic E-state index is 0.0251. The highest BCUT2D eigenvalue weighted by molar-refractivity contribution is 7.89. The number of hydrogen-bond acceptors (Lipinski definition) is 5. The number of carbonyl (C=O) groups excluding carboxylic acids is 1. The lowest BCUT2D eigenvalue weighted by molar-refractivity contribution is -0.115. The molecule has 28 heavy (non-hydrogen) atoms. The van der Waals surface area contributed by atoms with Gasteiger partial charge < -0.3 is 5.32 Å². The van der Waals surface area contributed by atoms with E-state index in [4.69, 9.17) is 11.6 Å². The fourth-order valence-corrected chi connectivity index (χ4v) is 4.68. The summed E-state index contributed by atoms with van der Waals surface area (Å²) < 4.78 is 26.0. The molecule has 3 rings (SSSR count). The van der Waals surface area contributed by atoms with E-state index in [9.17, 15) is 13.2 Å². The van der Waals surface area contributed by atoms with Gasteiger partial charge in [-0.3, -0.25) is 4.79 Å². The monoisotopic (exact) mass is 435 g/mol. The fourth-order valence-electron chi connectivity index (χ4n) is 2.50. The van der Waals surface area contributed by atoms with Crippen LogP contribution in [0.5, 0.6) is 0 Å². The molecule has 0 unspecified atom stereocenters. The van der Waals surface area contributed by atoms with E-state index < -0.39 is 10.0 Å². The SMILES string of the molecule is CN(C)S(=O)(=O)c1ccccc1NC(=O)Cc1csc(-c2ccccc2Cl)n1. The lowest BCUT2D eigenvalue weighted by Gasteiger charge is -2.15. The van der Waals surface area contributed by atoms with Gasteiger partial charge in [-0.1, -0.05) is 41.9 Å². The number of nitrogens with one attached hydrogen (secondary N) is 1. The third kappa shape index (κ3) is 4.41. The molecule has 0 radical (unpaired) electrons. The summed E-state index contributed by atoms with van der Waals surface area (Å²) in [5, 5.41) is 5.79. The van der Waals surface area contributed by atoms with E-state index in [1.54, 1.807) is 29.6 Å². The summed E-state index contributed by atoms with van der Waals surface area (Å²) in [6, 6.07) is 13.7. The van der Waals surface area contributed by atoms with Crippen molar-refractivity contribution in [1.29, 1.82) is 0 Å². The molecular formula is C19H18ClN3O3S2. The van der Waals surface area contributed by atoms with Gasteiger partial charge in [-0.05, 0) is 18.2 Å². The van der Waals surface area contributed by atoms with Crippen molar-refractivity contribution in [2.24, 2.45) is 0 Å². The van der Waals surface area contributed by atoms with Gasteiger partial charge in [-0.2, -0.15) is 0 Å². The first-order valence-electron chi connectivity index (χ1n) is 8.30. The number of rotatable bonds is 6. The van der Waals surface area contributed by atoms with Crippen molar-refractivity contribution in [3.05, 3.63) is 64.6 Å². The predicted molar refractivity (Wildman–Crippen MR) is 112 cm³/mol. The molecule has 9 heteroatoms. The van der Waals surface area contributed by atoms with Crippen LogP contribution < -0.4 is 5.32 Å². The van der Waals surface area contributed by atoms with Crippen LogP contribution in [0.4, 0.5) is 5.69 Å². The van der Waals surface area contributed by atoms with Crippen LogP contribution in [-0.4, -0.2) is 37.7 Å². The van der Waals surface area contributed by atoms with Crippen molar-refractivity contribution >= 4 is 44.6 Å². The quantitative estimate of drug-likeness (QED) is 0.636. The maximum atomic E-state index is 12.5. The summed E-state index contributed by atoms with van der Waals surface area (Å²) in [5.41, 5.74) is 1.64. The van der Waals surface area contributed by atoms with Gasteiger partial charge in [0.15, 0.2) is 0 Å². The molecule has 0 fully saturated rings. The highest BCUT2D eigenvalue weighted by Gasteiger charge is 2.22. The molecule has 1 N–H and O–H groups in total. The summed E-state index contributed by atoms with van der Waals surface area (Å²) in [7, 11) is -0.785. The number of aromatic nitrogens is 1. The minimum Gasteiger partial charge on any atom is -0.325 e. The second kappa shape index (κ2) is 8.40. The lowest BCUT2D eigenvalue weighted by atomic mass is 10.2. The summed E-state index contributed by atoms with van der Waals surface area (Å²) in [5.74, 6) is -0.350. The van der Waals surface area contributed by atoms with Crippen molar-refractivity contribution in [3.8, 4) is 10.6 Å². The Morgan fingerprint density at radius 2 is 1.82 bits per heavy atom. The van der Waals surface area contributed by atoms with E-state index >= 15 is 0 Å². The molecular weight excluding hydrogens is 418 g/mol. The molecule has 3 aromatic rings. The molecule has 0 aliphatic carbocycles. The van der Waals surface area contributed by atoms with Gasteiger partial charge in [0.25, 0.3) is 0 Å². The van der Waals surface area contributed by atoms with Crippen LogP contribution >= 0.6 is 22.9 Å². The Balaban J connectivity index is 1.77. The second-order valence-corrected chi connectivity index (χ2v) is 9.52. The number of hydrogen-bond donors (Lipinski definition) is 1. The van der Waals surface area contributed by atoms with Gasteiger partial charge in [0.1, 0.15) is 9.90 Å². The second-order valence-electron chi connectivity index (χ2n) is 6.13. The molecule has 0 saturated carbocycles. The average molecular weight is 436 g/mol. The maximum absolute atomic E-state index is 12.5. The van der Waals surface area contributed by atoms with Crippen molar-refractivity contribution in [2.75, 3.05) is 19.4 Å². The van der Waals surface area contributed by atoms with Gasteiger partial charge in [-0.15, -0.1) is 11.3 Å². The zero-order chi connectivity index (χ0) is 20.3. The van der Waals surface area contributed by atoms with Crippen molar-refractivity contribution < 1.29 is 13.2 Å². The van der Waals surface area contributed by atoms with Crippen molar-refractivity contribution in [3.63, 3.8) is 0 Å². The molecule has 0 spiro atoms. The first-order chi connectivity index (χ1) is 13.3. The summed E-state index contributed by atoms with van der Waals surface area (Å²) in [6.45, 7) is 0. The molecule has 0 saturated heterocycles. The molecule has 146 valence electrons. The number of nitrogens with zero attached hydrogens (tertiary/aromatic N) is 2. The standard InChI is InChI=1S/C19H18ClN3O3S2/c1-23(2)28(25,26)17-10-6-5-9-16(17)22-18(24)11-13-12-27-19(21-13)14-7-3-4-8-15(14)20/h3-10,12H,11H2,1-2H3,(H,22,24). The Kier molecular flexibility index (Phi) is 6.14. The highest BCUT2D eigenvalue weighted by atomic mass is 35.5. The third-order valence-corrected chi connectivity index (χ3v) is 7.04. The molecule has 1 heterocycles. The van der Waals surface area contributed by atoms with Crippen LogP contribution in [0, 0.1) is 0 Å². The van der Waals surface area contributed by atoms with Crippen LogP contribution in [-0.2, 0) is 21.2 Å². The molecule has 0 atom stereocenters. The highest BCUT2D eigenvalue weighted by Crippen LogP contribution is 2.30. The van der Waals surface area contributed by atoms with Crippen LogP contribution in [0.1, 0.15) is 5.69 Å². The topological polar surface area (TPSA) is 79.4 Å². The third-order valence-electron chi connectivity index (χ3n) is 3.92. The van der Waals surface area contributed by atoms with Crippen molar-refractivity contribution in [1.82, 2.24) is 9.29 Å². The van der Waals surface area contributed by atoms with Gasteiger partial charge >= 0.3 is 0 Å². The first kappa shape index (κ1) is 20.5. The van der Waals surface area contributed by atoms with Crippen LogP contribution in [0.3, 0.4) is 0 Å². The first-order valence-corrected chi connectivity index (χ1v) is 11.0. The Bertz CT molecular complexity index is 1110. The number of thiazole rings is 1. The number of amides is 1. The zero-order valence-electron chi connectivity index (χ0n) is 15.2. The number of halogens is 1. The minimum atomic E-state index is -3.67. The molecule has 0 bridgehead atoms. The van der Waals surface area contributed by atoms with E-state index in [-0.39, 0.29) is 22.9 Å². The number of carbonyl (C=O) groups is 1. The smallest absolute Gasteiger partial charge is 0.244 e. The summed E-state index contributed by atoms with van der Waals surface area (Å²) in [4.78, 5) is 17.0. The van der Waals surface area contributed by atoms with Gasteiger partial charge in [-0.25, -0.2) is 17.7 Å². The Hall–Kier alpha value is -2.26. The van der Waals surface area contributed by atoms with Crippen LogP contribution in [0.2, 0.25) is 5.02 Å². The van der Waals surface area contributed by atoms with E-state index in [2.05, 4.69) is 10.3 Å². The summed E-state index contributed by atoms with van der Waals surface area (Å²) >= 11 is 7.59. The molecule has 2 aromatic carbocycles. The van der Waals surface area contributed by atoms with E-state index in [0.29, 0.717) is 10.7 Å². The molecule has 1 aromatic heterocycles. The molecule has 0 aliphatic heterocycles. The Morgan fingerprint density at radius 1 is 1.14 bits per heavy atom. The van der Waals surface area contributed by atoms with E-state index in [1.807, 2.05) is 18.2 Å². The largest absolute Gasteiger partial charge is 0.325 e. The van der Waals surface area contributed by atoms with Gasteiger partial charge in [0.2, 0.25) is 15.9 Å². The van der Waals surface area contributed by atoms with Crippen LogP contribution in [0.15, 0.2) is 58.8 Å². The van der Waals surface area contributed by atoms with Crippen molar-refractivity contribution in [2.45, 2.75) is 11.3 Å². The maximum Gasteiger partial charge on any atom is 0.244 e.